The van der Waals surface area contributed by atoms with Crippen molar-refractivity contribution < 1.29 is 9.90 Å². The number of hydrogen-bond donors (Lipinski definition) is 1. The summed E-state index contributed by atoms with van der Waals surface area (Å²) >= 11 is 0. The van der Waals surface area contributed by atoms with Gasteiger partial charge in [0.05, 0.1) is 5.92 Å². The molecule has 0 saturated heterocycles. The van der Waals surface area contributed by atoms with Gasteiger partial charge in [-0.3, -0.25) is 4.79 Å². The Morgan fingerprint density at radius 2 is 1.63 bits per heavy atom. The molecule has 0 aliphatic heterocycles. The Morgan fingerprint density at radius 1 is 1.16 bits per heavy atom. The predicted octanol–water partition coefficient (Wildman–Crippen LogP) is 3.55. The maximum atomic E-state index is 11.1. The molecular weight excluding hydrogens is 238 g/mol. The second-order valence-electron chi connectivity index (χ2n) is 5.73. The first-order valence-electron chi connectivity index (χ1n) is 6.81. The number of carboxylic acids is 1. The summed E-state index contributed by atoms with van der Waals surface area (Å²) in [4.78, 5) is 13.3. The maximum absolute atomic E-state index is 11.1. The zero-order chi connectivity index (χ0) is 14.7. The van der Waals surface area contributed by atoms with Gasteiger partial charge in [0.15, 0.2) is 0 Å². The smallest absolute Gasteiger partial charge is 0.308 e. The Morgan fingerprint density at radius 3 is 2.00 bits per heavy atom. The predicted molar refractivity (Wildman–Crippen MR) is 79.9 cm³/mol. The van der Waals surface area contributed by atoms with Gasteiger partial charge in [-0.05, 0) is 45.7 Å². The summed E-state index contributed by atoms with van der Waals surface area (Å²) in [6.45, 7) is 12.8. The van der Waals surface area contributed by atoms with Crippen LogP contribution in [-0.2, 0) is 4.79 Å². The van der Waals surface area contributed by atoms with Crippen molar-refractivity contribution in [2.45, 2.75) is 47.6 Å². The van der Waals surface area contributed by atoms with E-state index >= 15 is 0 Å². The van der Waals surface area contributed by atoms with Gasteiger partial charge in [-0.25, -0.2) is 0 Å². The standard InChI is InChI=1S/C16H25NO2/c1-10(2)17(9-14(6)16(18)19)15-12(4)7-11(3)8-13(15)5/h7-8,10,14H,9H2,1-6H3,(H,18,19). The molecule has 0 radical (unpaired) electrons. The van der Waals surface area contributed by atoms with Gasteiger partial charge in [0.2, 0.25) is 0 Å². The number of carbonyl (C=O) groups is 1. The molecule has 0 spiro atoms. The van der Waals surface area contributed by atoms with Gasteiger partial charge in [-0.1, -0.05) is 24.6 Å². The van der Waals surface area contributed by atoms with Crippen molar-refractivity contribution in [3.8, 4) is 0 Å². The van der Waals surface area contributed by atoms with E-state index in [-0.39, 0.29) is 12.0 Å². The molecule has 1 aromatic carbocycles. The Bertz CT molecular complexity index is 443. The van der Waals surface area contributed by atoms with Crippen LogP contribution in [0.15, 0.2) is 12.1 Å². The van der Waals surface area contributed by atoms with E-state index in [1.54, 1.807) is 6.92 Å². The van der Waals surface area contributed by atoms with Crippen LogP contribution in [-0.4, -0.2) is 23.7 Å². The lowest BCUT2D eigenvalue weighted by Gasteiger charge is -2.33. The molecular formula is C16H25NO2. The van der Waals surface area contributed by atoms with Gasteiger partial charge in [0.25, 0.3) is 0 Å². The lowest BCUT2D eigenvalue weighted by Crippen LogP contribution is -2.38. The molecule has 0 heterocycles. The highest BCUT2D eigenvalue weighted by molar-refractivity contribution is 5.71. The SMILES string of the molecule is Cc1cc(C)c(N(CC(C)C(=O)O)C(C)C)c(C)c1. The van der Waals surface area contributed by atoms with Gasteiger partial charge in [-0.15, -0.1) is 0 Å². The van der Waals surface area contributed by atoms with E-state index < -0.39 is 5.97 Å². The molecule has 0 aliphatic carbocycles. The van der Waals surface area contributed by atoms with E-state index in [1.165, 1.54) is 22.4 Å². The van der Waals surface area contributed by atoms with Crippen molar-refractivity contribution in [1.82, 2.24) is 0 Å². The summed E-state index contributed by atoms with van der Waals surface area (Å²) in [5.41, 5.74) is 4.84. The minimum Gasteiger partial charge on any atom is -0.481 e. The van der Waals surface area contributed by atoms with Crippen molar-refractivity contribution in [2.24, 2.45) is 5.92 Å². The first kappa shape index (κ1) is 15.5. The minimum absolute atomic E-state index is 0.280. The molecule has 3 heteroatoms. The van der Waals surface area contributed by atoms with Crippen LogP contribution in [0.1, 0.15) is 37.5 Å². The third kappa shape index (κ3) is 3.72. The summed E-state index contributed by atoms with van der Waals surface area (Å²) < 4.78 is 0. The number of aliphatic carboxylic acids is 1. The van der Waals surface area contributed by atoms with E-state index in [0.29, 0.717) is 6.54 Å². The molecule has 0 aromatic heterocycles. The molecule has 1 unspecified atom stereocenters. The van der Waals surface area contributed by atoms with E-state index in [4.69, 9.17) is 5.11 Å². The van der Waals surface area contributed by atoms with Gasteiger partial charge >= 0.3 is 5.97 Å². The highest BCUT2D eigenvalue weighted by Crippen LogP contribution is 2.28. The molecule has 0 saturated carbocycles. The lowest BCUT2D eigenvalue weighted by atomic mass is 10.0. The second-order valence-corrected chi connectivity index (χ2v) is 5.73. The number of benzene rings is 1. The normalized spacial score (nSPS) is 12.6. The van der Waals surface area contributed by atoms with Crippen LogP contribution < -0.4 is 4.90 Å². The fourth-order valence-electron chi connectivity index (χ4n) is 2.56. The largest absolute Gasteiger partial charge is 0.481 e. The average Bonchev–Trinajstić information content (AvgIpc) is 2.25. The van der Waals surface area contributed by atoms with Crippen LogP contribution in [0.25, 0.3) is 0 Å². The van der Waals surface area contributed by atoms with E-state index in [9.17, 15) is 4.79 Å². The van der Waals surface area contributed by atoms with Crippen LogP contribution in [0.4, 0.5) is 5.69 Å². The molecule has 1 atom stereocenters. The molecule has 0 fully saturated rings. The van der Waals surface area contributed by atoms with E-state index in [1.807, 2.05) is 0 Å². The zero-order valence-corrected chi connectivity index (χ0v) is 12.8. The van der Waals surface area contributed by atoms with Crippen LogP contribution in [0.3, 0.4) is 0 Å². The molecule has 19 heavy (non-hydrogen) atoms. The Kier molecular flexibility index (Phi) is 4.98. The van der Waals surface area contributed by atoms with Gasteiger partial charge < -0.3 is 10.0 Å². The van der Waals surface area contributed by atoms with Crippen LogP contribution in [0, 0.1) is 26.7 Å². The first-order chi connectivity index (χ1) is 8.73. The van der Waals surface area contributed by atoms with E-state index in [0.717, 1.165) is 0 Å². The van der Waals surface area contributed by atoms with Crippen molar-refractivity contribution in [1.29, 1.82) is 0 Å². The van der Waals surface area contributed by atoms with Gasteiger partial charge in [-0.2, -0.15) is 0 Å². The number of aryl methyl sites for hydroxylation is 3. The summed E-state index contributed by atoms with van der Waals surface area (Å²) in [6, 6.07) is 4.59. The molecule has 0 bridgehead atoms. The molecule has 0 amide bonds. The topological polar surface area (TPSA) is 40.5 Å². The Hall–Kier alpha value is -1.51. The van der Waals surface area contributed by atoms with Crippen molar-refractivity contribution >= 4 is 11.7 Å². The molecule has 3 nitrogen and oxygen atoms in total. The highest BCUT2D eigenvalue weighted by atomic mass is 16.4. The fraction of sp³-hybridized carbons (Fsp3) is 0.562. The summed E-state index contributed by atoms with van der Waals surface area (Å²) in [7, 11) is 0. The Labute approximate surface area is 116 Å². The van der Waals surface area contributed by atoms with Gasteiger partial charge in [0.1, 0.15) is 0 Å². The zero-order valence-electron chi connectivity index (χ0n) is 12.8. The van der Waals surface area contributed by atoms with Crippen LogP contribution >= 0.6 is 0 Å². The third-order valence-electron chi connectivity index (χ3n) is 3.44. The molecule has 1 N–H and O–H groups in total. The van der Waals surface area contributed by atoms with Crippen molar-refractivity contribution in [2.75, 3.05) is 11.4 Å². The first-order valence-corrected chi connectivity index (χ1v) is 6.81. The number of rotatable bonds is 5. The van der Waals surface area contributed by atoms with Crippen LogP contribution in [0.5, 0.6) is 0 Å². The highest BCUT2D eigenvalue weighted by Gasteiger charge is 2.21. The second kappa shape index (κ2) is 6.09. The monoisotopic (exact) mass is 263 g/mol. The van der Waals surface area contributed by atoms with Crippen molar-refractivity contribution in [3.05, 3.63) is 28.8 Å². The number of hydrogen-bond acceptors (Lipinski definition) is 2. The number of anilines is 1. The maximum Gasteiger partial charge on any atom is 0.308 e. The summed E-state index contributed by atoms with van der Waals surface area (Å²) in [6.07, 6.45) is 0. The molecule has 106 valence electrons. The summed E-state index contributed by atoms with van der Waals surface area (Å²) in [5, 5.41) is 9.12. The number of carboxylic acid groups (broad SMARTS) is 1. The fourth-order valence-corrected chi connectivity index (χ4v) is 2.56. The molecule has 0 aliphatic rings. The third-order valence-corrected chi connectivity index (χ3v) is 3.44. The van der Waals surface area contributed by atoms with Gasteiger partial charge in [0, 0.05) is 18.3 Å². The Balaban J connectivity index is 3.17. The minimum atomic E-state index is -0.743. The molecule has 1 aromatic rings. The molecule has 1 rings (SSSR count). The van der Waals surface area contributed by atoms with Crippen molar-refractivity contribution in [3.63, 3.8) is 0 Å². The average molecular weight is 263 g/mol. The number of nitrogens with zero attached hydrogens (tertiary/aromatic N) is 1. The van der Waals surface area contributed by atoms with Crippen LogP contribution in [0.2, 0.25) is 0 Å². The summed E-state index contributed by atoms with van der Waals surface area (Å²) in [5.74, 6) is -1.12. The lowest BCUT2D eigenvalue weighted by molar-refractivity contribution is -0.140. The van der Waals surface area contributed by atoms with E-state index in [2.05, 4.69) is 51.7 Å². The quantitative estimate of drug-likeness (QED) is 0.883.